The summed E-state index contributed by atoms with van der Waals surface area (Å²) in [6, 6.07) is -0.0352. The lowest BCUT2D eigenvalue weighted by Gasteiger charge is -2.36. The first-order chi connectivity index (χ1) is 5.63. The van der Waals surface area contributed by atoms with Crippen molar-refractivity contribution in [2.24, 2.45) is 0 Å². The molecule has 0 aromatic carbocycles. The smallest absolute Gasteiger partial charge is 0.320 e. The van der Waals surface area contributed by atoms with Gasteiger partial charge in [-0.05, 0) is 13.8 Å². The Balaban J connectivity index is 2.53. The second kappa shape index (κ2) is 3.87. The first-order valence-corrected chi connectivity index (χ1v) is 4.32. The van der Waals surface area contributed by atoms with Gasteiger partial charge in [-0.3, -0.25) is 9.69 Å². The third-order valence-electron chi connectivity index (χ3n) is 2.41. The van der Waals surface area contributed by atoms with Crippen LogP contribution in [0.25, 0.3) is 0 Å². The fourth-order valence-electron chi connectivity index (χ4n) is 1.57. The number of hydrogen-bond acceptors (Lipinski definition) is 3. The van der Waals surface area contributed by atoms with Crippen LogP contribution in [0.3, 0.4) is 0 Å². The lowest BCUT2D eigenvalue weighted by Crippen LogP contribution is -2.55. The predicted molar refractivity (Wildman–Crippen MR) is 46.1 cm³/mol. The van der Waals surface area contributed by atoms with Crippen molar-refractivity contribution >= 4 is 5.97 Å². The summed E-state index contributed by atoms with van der Waals surface area (Å²) >= 11 is 0. The van der Waals surface area contributed by atoms with Crippen LogP contribution in [-0.4, -0.2) is 47.7 Å². The summed E-state index contributed by atoms with van der Waals surface area (Å²) in [7, 11) is 0. The van der Waals surface area contributed by atoms with Gasteiger partial charge in [-0.1, -0.05) is 0 Å². The van der Waals surface area contributed by atoms with Crippen LogP contribution in [0.4, 0.5) is 0 Å². The molecule has 12 heavy (non-hydrogen) atoms. The fourth-order valence-corrected chi connectivity index (χ4v) is 1.57. The van der Waals surface area contributed by atoms with E-state index >= 15 is 0 Å². The highest BCUT2D eigenvalue weighted by Crippen LogP contribution is 2.07. The number of carboxylic acid groups (broad SMARTS) is 1. The fraction of sp³-hybridized carbons (Fsp3) is 0.875. The van der Waals surface area contributed by atoms with Crippen LogP contribution < -0.4 is 5.32 Å². The average Bonchev–Trinajstić information content (AvgIpc) is 2.04. The molecule has 1 fully saturated rings. The molecule has 1 rings (SSSR count). The van der Waals surface area contributed by atoms with E-state index < -0.39 is 5.97 Å². The number of aliphatic carboxylic acids is 1. The van der Waals surface area contributed by atoms with Crippen molar-refractivity contribution in [1.82, 2.24) is 10.2 Å². The Labute approximate surface area is 72.6 Å². The molecule has 0 aliphatic carbocycles. The lowest BCUT2D eigenvalue weighted by atomic mass is 10.1. The Bertz CT molecular complexity index is 172. The largest absolute Gasteiger partial charge is 0.480 e. The van der Waals surface area contributed by atoms with Gasteiger partial charge in [0.05, 0.1) is 0 Å². The first kappa shape index (κ1) is 9.48. The first-order valence-electron chi connectivity index (χ1n) is 4.32. The molecule has 0 aromatic heterocycles. The molecule has 4 nitrogen and oxygen atoms in total. The van der Waals surface area contributed by atoms with E-state index in [-0.39, 0.29) is 6.04 Å². The Morgan fingerprint density at radius 3 is 2.92 bits per heavy atom. The third kappa shape index (κ3) is 1.95. The second-order valence-corrected chi connectivity index (χ2v) is 3.31. The molecule has 1 aliphatic heterocycles. The van der Waals surface area contributed by atoms with Crippen molar-refractivity contribution in [2.45, 2.75) is 25.9 Å². The van der Waals surface area contributed by atoms with Crippen LogP contribution in [0, 0.1) is 0 Å². The molecule has 0 amide bonds. The van der Waals surface area contributed by atoms with Crippen molar-refractivity contribution < 1.29 is 9.90 Å². The average molecular weight is 172 g/mol. The van der Waals surface area contributed by atoms with E-state index in [0.717, 1.165) is 19.6 Å². The zero-order chi connectivity index (χ0) is 9.14. The van der Waals surface area contributed by atoms with Gasteiger partial charge in [0.15, 0.2) is 0 Å². The van der Waals surface area contributed by atoms with Crippen molar-refractivity contribution in [3.8, 4) is 0 Å². The summed E-state index contributed by atoms with van der Waals surface area (Å²) in [4.78, 5) is 12.7. The topological polar surface area (TPSA) is 52.6 Å². The Morgan fingerprint density at radius 2 is 2.42 bits per heavy atom. The van der Waals surface area contributed by atoms with Gasteiger partial charge in [-0.15, -0.1) is 0 Å². The molecule has 0 saturated carbocycles. The van der Waals surface area contributed by atoms with Crippen molar-refractivity contribution in [3.05, 3.63) is 0 Å². The standard InChI is InChI=1S/C8H16N2O2/c1-6-5-9-3-4-10(6)7(2)8(11)12/h6-7,9H,3-5H2,1-2H3,(H,11,12)/t6?,7-/m1/s1. The highest BCUT2D eigenvalue weighted by atomic mass is 16.4. The Morgan fingerprint density at radius 1 is 1.75 bits per heavy atom. The molecule has 0 aromatic rings. The number of nitrogens with zero attached hydrogens (tertiary/aromatic N) is 1. The van der Waals surface area contributed by atoms with Crippen molar-refractivity contribution in [2.75, 3.05) is 19.6 Å². The van der Waals surface area contributed by atoms with E-state index in [0.29, 0.717) is 6.04 Å². The van der Waals surface area contributed by atoms with E-state index in [1.807, 2.05) is 11.8 Å². The number of nitrogens with one attached hydrogen (secondary N) is 1. The number of carboxylic acids is 1. The molecule has 70 valence electrons. The van der Waals surface area contributed by atoms with E-state index in [1.165, 1.54) is 0 Å². The minimum atomic E-state index is -0.733. The monoisotopic (exact) mass is 172 g/mol. The molecule has 1 saturated heterocycles. The van der Waals surface area contributed by atoms with Crippen LogP contribution in [0.5, 0.6) is 0 Å². The van der Waals surface area contributed by atoms with Gasteiger partial charge >= 0.3 is 5.97 Å². The van der Waals surface area contributed by atoms with E-state index in [9.17, 15) is 4.79 Å². The molecule has 4 heteroatoms. The maximum absolute atomic E-state index is 10.7. The van der Waals surface area contributed by atoms with Crippen LogP contribution in [0.15, 0.2) is 0 Å². The zero-order valence-corrected chi connectivity index (χ0v) is 7.58. The zero-order valence-electron chi connectivity index (χ0n) is 7.58. The molecule has 1 aliphatic rings. The van der Waals surface area contributed by atoms with Gasteiger partial charge in [0.25, 0.3) is 0 Å². The molecule has 2 N–H and O–H groups in total. The summed E-state index contributed by atoms with van der Waals surface area (Å²) in [6.07, 6.45) is 0. The van der Waals surface area contributed by atoms with Gasteiger partial charge in [0.2, 0.25) is 0 Å². The maximum atomic E-state index is 10.7. The predicted octanol–water partition coefficient (Wildman–Crippen LogP) is -0.247. The summed E-state index contributed by atoms with van der Waals surface area (Å²) in [5.41, 5.74) is 0. The molecular weight excluding hydrogens is 156 g/mol. The van der Waals surface area contributed by atoms with Crippen LogP contribution in [-0.2, 0) is 4.79 Å². The number of piperazine rings is 1. The van der Waals surface area contributed by atoms with Gasteiger partial charge in [0.1, 0.15) is 6.04 Å². The van der Waals surface area contributed by atoms with E-state index in [1.54, 1.807) is 6.92 Å². The second-order valence-electron chi connectivity index (χ2n) is 3.31. The summed E-state index contributed by atoms with van der Waals surface area (Å²) in [5, 5.41) is 12.0. The number of rotatable bonds is 2. The molecule has 1 unspecified atom stereocenters. The van der Waals surface area contributed by atoms with Gasteiger partial charge in [-0.25, -0.2) is 0 Å². The molecule has 0 bridgehead atoms. The minimum Gasteiger partial charge on any atom is -0.480 e. The van der Waals surface area contributed by atoms with Crippen LogP contribution >= 0.6 is 0 Å². The molecule has 1 heterocycles. The maximum Gasteiger partial charge on any atom is 0.320 e. The van der Waals surface area contributed by atoms with Gasteiger partial charge in [-0.2, -0.15) is 0 Å². The minimum absolute atomic E-state index is 0.324. The lowest BCUT2D eigenvalue weighted by molar-refractivity contribution is -0.143. The van der Waals surface area contributed by atoms with Gasteiger partial charge < -0.3 is 10.4 Å². The Kier molecular flexibility index (Phi) is 3.05. The highest BCUT2D eigenvalue weighted by molar-refractivity contribution is 5.72. The molecule has 0 spiro atoms. The van der Waals surface area contributed by atoms with Crippen molar-refractivity contribution in [3.63, 3.8) is 0 Å². The quantitative estimate of drug-likeness (QED) is 0.603. The van der Waals surface area contributed by atoms with Crippen molar-refractivity contribution in [1.29, 1.82) is 0 Å². The molecular formula is C8H16N2O2. The van der Waals surface area contributed by atoms with E-state index in [2.05, 4.69) is 5.32 Å². The molecule has 0 radical (unpaired) electrons. The summed E-state index contributed by atoms with van der Waals surface area (Å²) < 4.78 is 0. The Hall–Kier alpha value is -0.610. The number of hydrogen-bond donors (Lipinski definition) is 2. The van der Waals surface area contributed by atoms with E-state index in [4.69, 9.17) is 5.11 Å². The number of carbonyl (C=O) groups is 1. The summed E-state index contributed by atoms with van der Waals surface area (Å²) in [6.45, 7) is 6.39. The van der Waals surface area contributed by atoms with Gasteiger partial charge in [0, 0.05) is 25.7 Å². The van der Waals surface area contributed by atoms with Crippen LogP contribution in [0.2, 0.25) is 0 Å². The summed E-state index contributed by atoms with van der Waals surface area (Å²) in [5.74, 6) is -0.733. The molecule has 2 atom stereocenters. The van der Waals surface area contributed by atoms with Crippen LogP contribution in [0.1, 0.15) is 13.8 Å². The third-order valence-corrected chi connectivity index (χ3v) is 2.41. The SMILES string of the molecule is CC1CNCCN1[C@H](C)C(=O)O. The highest BCUT2D eigenvalue weighted by Gasteiger charge is 2.26. The normalized spacial score (nSPS) is 28.3.